The average molecular weight is 415 g/mol. The van der Waals surface area contributed by atoms with Gasteiger partial charge in [-0.05, 0) is 56.2 Å². The number of aryl methyl sites for hydroxylation is 3. The van der Waals surface area contributed by atoms with Crippen LogP contribution in [0.25, 0.3) is 11.3 Å². The van der Waals surface area contributed by atoms with Crippen LogP contribution in [0.5, 0.6) is 11.5 Å². The maximum absolute atomic E-state index is 11.5. The third kappa shape index (κ3) is 4.38. The summed E-state index contributed by atoms with van der Waals surface area (Å²) in [5.74, 6) is 1.16. The van der Waals surface area contributed by atoms with E-state index in [2.05, 4.69) is 9.84 Å². The second-order valence-corrected chi connectivity index (χ2v) is 7.12. The third-order valence-electron chi connectivity index (χ3n) is 4.75. The molecule has 0 amide bonds. The van der Waals surface area contributed by atoms with Crippen LogP contribution in [0.15, 0.2) is 36.4 Å². The number of carbonyl (C=O) groups is 1. The number of aromatic nitrogens is 2. The number of ether oxygens (including phenoxy) is 3. The molecule has 1 heterocycles. The molecule has 0 unspecified atom stereocenters. The number of rotatable bonds is 5. The first kappa shape index (κ1) is 20.7. The Morgan fingerprint density at radius 2 is 1.86 bits per heavy atom. The van der Waals surface area contributed by atoms with E-state index < -0.39 is 6.16 Å². The van der Waals surface area contributed by atoms with E-state index in [1.54, 1.807) is 10.7 Å². The highest BCUT2D eigenvalue weighted by atomic mass is 35.5. The summed E-state index contributed by atoms with van der Waals surface area (Å²) in [7, 11) is 3.09. The van der Waals surface area contributed by atoms with Crippen LogP contribution in [0.2, 0.25) is 5.15 Å². The Morgan fingerprint density at radius 3 is 2.48 bits per heavy atom. The first-order valence-electron chi connectivity index (χ1n) is 9.09. The molecule has 0 bridgehead atoms. The lowest BCUT2D eigenvalue weighted by atomic mass is 10.1. The van der Waals surface area contributed by atoms with Crippen molar-refractivity contribution in [3.8, 4) is 22.8 Å². The fourth-order valence-electron chi connectivity index (χ4n) is 3.08. The van der Waals surface area contributed by atoms with E-state index in [1.165, 1.54) is 7.11 Å². The van der Waals surface area contributed by atoms with Gasteiger partial charge in [0.1, 0.15) is 23.3 Å². The molecule has 0 aliphatic heterocycles. The van der Waals surface area contributed by atoms with E-state index >= 15 is 0 Å². The van der Waals surface area contributed by atoms with Gasteiger partial charge in [-0.1, -0.05) is 23.7 Å². The molecule has 0 N–H and O–H groups in total. The van der Waals surface area contributed by atoms with E-state index in [4.69, 9.17) is 21.1 Å². The smallest absolute Gasteiger partial charge is 0.488 e. The van der Waals surface area contributed by atoms with Crippen molar-refractivity contribution in [2.24, 2.45) is 7.05 Å². The highest BCUT2D eigenvalue weighted by molar-refractivity contribution is 6.30. The summed E-state index contributed by atoms with van der Waals surface area (Å²) in [5, 5.41) is 5.11. The molecule has 3 rings (SSSR count). The molecule has 0 saturated heterocycles. The van der Waals surface area contributed by atoms with Gasteiger partial charge in [0, 0.05) is 23.7 Å². The first-order chi connectivity index (χ1) is 13.8. The quantitative estimate of drug-likeness (QED) is 0.413. The number of halogens is 1. The summed E-state index contributed by atoms with van der Waals surface area (Å²) in [4.78, 5) is 11.5. The van der Waals surface area contributed by atoms with Crippen molar-refractivity contribution >= 4 is 17.8 Å². The molecule has 1 aromatic heterocycles. The third-order valence-corrected chi connectivity index (χ3v) is 5.27. The number of benzene rings is 2. The molecular formula is C22H23ClN2O4. The van der Waals surface area contributed by atoms with Crippen molar-refractivity contribution in [3.63, 3.8) is 0 Å². The molecule has 3 aromatic rings. The lowest BCUT2D eigenvalue weighted by molar-refractivity contribution is 0.120. The molecular weight excluding hydrogens is 392 g/mol. The van der Waals surface area contributed by atoms with Crippen molar-refractivity contribution in [3.05, 3.63) is 63.8 Å². The molecule has 0 fully saturated rings. The van der Waals surface area contributed by atoms with E-state index in [0.717, 1.165) is 39.3 Å². The molecule has 0 radical (unpaired) electrons. The largest absolute Gasteiger partial charge is 0.513 e. The van der Waals surface area contributed by atoms with Gasteiger partial charge < -0.3 is 14.2 Å². The maximum atomic E-state index is 11.5. The highest BCUT2D eigenvalue weighted by Gasteiger charge is 2.15. The van der Waals surface area contributed by atoms with Crippen LogP contribution < -0.4 is 9.47 Å². The predicted octanol–water partition coefficient (Wildman–Crippen LogP) is 5.39. The van der Waals surface area contributed by atoms with Gasteiger partial charge in [0.15, 0.2) is 0 Å². The number of methoxy groups -OCH3 is 1. The van der Waals surface area contributed by atoms with E-state index in [9.17, 15) is 4.79 Å². The zero-order chi connectivity index (χ0) is 21.1. The lowest BCUT2D eigenvalue weighted by Crippen LogP contribution is -2.10. The number of hydrogen-bond donors (Lipinski definition) is 0. The van der Waals surface area contributed by atoms with E-state index in [1.807, 2.05) is 58.2 Å². The second kappa shape index (κ2) is 8.57. The van der Waals surface area contributed by atoms with Gasteiger partial charge in [0.25, 0.3) is 0 Å². The van der Waals surface area contributed by atoms with Crippen LogP contribution in [0, 0.1) is 20.8 Å². The molecule has 0 saturated carbocycles. The molecule has 2 aromatic carbocycles. The Bertz CT molecular complexity index is 1060. The molecule has 152 valence electrons. The molecule has 7 heteroatoms. The van der Waals surface area contributed by atoms with Crippen molar-refractivity contribution in [2.75, 3.05) is 7.11 Å². The van der Waals surface area contributed by atoms with Crippen LogP contribution in [0.3, 0.4) is 0 Å². The monoisotopic (exact) mass is 414 g/mol. The minimum absolute atomic E-state index is 0.258. The fourth-order valence-corrected chi connectivity index (χ4v) is 3.21. The summed E-state index contributed by atoms with van der Waals surface area (Å²) in [6.45, 7) is 6.12. The zero-order valence-electron chi connectivity index (χ0n) is 17.1. The minimum Gasteiger partial charge on any atom is -0.488 e. The Kier molecular flexibility index (Phi) is 6.13. The standard InChI is InChI=1S/C22H23ClN2O4/c1-13-7-6-8-19(29-22(26)27-5)17(13)12-28-18-10-9-16(11-14(18)2)20-15(3)21(23)25(4)24-20/h6-11H,12H2,1-5H3. The van der Waals surface area contributed by atoms with Gasteiger partial charge in [-0.2, -0.15) is 5.10 Å². The molecule has 0 spiro atoms. The highest BCUT2D eigenvalue weighted by Crippen LogP contribution is 2.31. The Morgan fingerprint density at radius 1 is 1.10 bits per heavy atom. The summed E-state index contributed by atoms with van der Waals surface area (Å²) in [6.07, 6.45) is -0.762. The topological polar surface area (TPSA) is 62.6 Å². The van der Waals surface area contributed by atoms with Gasteiger partial charge in [-0.15, -0.1) is 0 Å². The number of nitrogens with zero attached hydrogens (tertiary/aromatic N) is 2. The van der Waals surface area contributed by atoms with Crippen molar-refractivity contribution in [1.29, 1.82) is 0 Å². The summed E-state index contributed by atoms with van der Waals surface area (Å²) < 4.78 is 17.5. The Balaban J connectivity index is 1.82. The second-order valence-electron chi connectivity index (χ2n) is 6.76. The van der Waals surface area contributed by atoms with Crippen LogP contribution in [0.1, 0.15) is 22.3 Å². The van der Waals surface area contributed by atoms with Gasteiger partial charge in [0.05, 0.1) is 12.8 Å². The van der Waals surface area contributed by atoms with Crippen LogP contribution >= 0.6 is 11.6 Å². The van der Waals surface area contributed by atoms with Crippen molar-refractivity contribution < 1.29 is 19.0 Å². The summed E-state index contributed by atoms with van der Waals surface area (Å²) in [5.41, 5.74) is 5.47. The summed E-state index contributed by atoms with van der Waals surface area (Å²) in [6, 6.07) is 11.4. The SMILES string of the molecule is COC(=O)Oc1cccc(C)c1COc1ccc(-c2nn(C)c(Cl)c2C)cc1C. The number of carbonyl (C=O) groups excluding carboxylic acids is 1. The van der Waals surface area contributed by atoms with Gasteiger partial charge in [0.2, 0.25) is 0 Å². The van der Waals surface area contributed by atoms with Gasteiger partial charge in [-0.25, -0.2) is 4.79 Å². The first-order valence-corrected chi connectivity index (χ1v) is 9.46. The summed E-state index contributed by atoms with van der Waals surface area (Å²) >= 11 is 6.24. The molecule has 6 nitrogen and oxygen atoms in total. The van der Waals surface area contributed by atoms with Crippen LogP contribution in [-0.2, 0) is 18.4 Å². The maximum Gasteiger partial charge on any atom is 0.513 e. The fraction of sp³-hybridized carbons (Fsp3) is 0.273. The normalized spacial score (nSPS) is 10.7. The minimum atomic E-state index is -0.762. The van der Waals surface area contributed by atoms with Crippen LogP contribution in [0.4, 0.5) is 4.79 Å². The average Bonchev–Trinajstić information content (AvgIpc) is 2.95. The van der Waals surface area contributed by atoms with Crippen molar-refractivity contribution in [2.45, 2.75) is 27.4 Å². The lowest BCUT2D eigenvalue weighted by Gasteiger charge is -2.15. The molecule has 0 aliphatic carbocycles. The van der Waals surface area contributed by atoms with Gasteiger partial charge in [-0.3, -0.25) is 4.68 Å². The predicted molar refractivity (Wildman–Crippen MR) is 112 cm³/mol. The van der Waals surface area contributed by atoms with Crippen LogP contribution in [-0.4, -0.2) is 23.0 Å². The van der Waals surface area contributed by atoms with E-state index in [-0.39, 0.29) is 6.61 Å². The van der Waals surface area contributed by atoms with Gasteiger partial charge >= 0.3 is 6.16 Å². The molecule has 0 atom stereocenters. The van der Waals surface area contributed by atoms with E-state index in [0.29, 0.717) is 10.9 Å². The molecule has 29 heavy (non-hydrogen) atoms. The zero-order valence-corrected chi connectivity index (χ0v) is 17.8. The Hall–Kier alpha value is -2.99. The number of hydrogen-bond acceptors (Lipinski definition) is 5. The van der Waals surface area contributed by atoms with Crippen molar-refractivity contribution in [1.82, 2.24) is 9.78 Å². The molecule has 0 aliphatic rings. The Labute approximate surface area is 175 Å².